The van der Waals surface area contributed by atoms with Crippen LogP contribution in [0.25, 0.3) is 0 Å². The van der Waals surface area contributed by atoms with Gasteiger partial charge in [-0.2, -0.15) is 0 Å². The number of carbonyl (C=O) groups excluding carboxylic acids is 2. The third-order valence-corrected chi connectivity index (χ3v) is 14.7. The number of likely N-dealkylation sites (N-methyl/N-ethyl adjacent to an activating group) is 1. The van der Waals surface area contributed by atoms with Gasteiger partial charge in [0.15, 0.2) is 0 Å². The quantitative estimate of drug-likeness (QED) is 0.177. The molecule has 4 aliphatic carbocycles. The van der Waals surface area contributed by atoms with Crippen molar-refractivity contribution < 1.29 is 33.7 Å². The molecule has 1 heterocycles. The van der Waals surface area contributed by atoms with Crippen LogP contribution in [0.4, 0.5) is 0 Å². The first-order valence-corrected chi connectivity index (χ1v) is 18.1. The number of aliphatic carboxylic acids is 1. The number of carbonyl (C=O) groups is 3. The van der Waals surface area contributed by atoms with Crippen molar-refractivity contribution in [3.8, 4) is 0 Å². The van der Waals surface area contributed by atoms with E-state index in [1.807, 2.05) is 14.1 Å². The van der Waals surface area contributed by atoms with Crippen LogP contribution in [0.1, 0.15) is 93.9 Å². The van der Waals surface area contributed by atoms with Gasteiger partial charge in [-0.1, -0.05) is 60.1 Å². The van der Waals surface area contributed by atoms with Gasteiger partial charge in [0, 0.05) is 30.8 Å². The molecule has 0 radical (unpaired) electrons. The van der Waals surface area contributed by atoms with Gasteiger partial charge in [-0.15, -0.1) is 0 Å². The Kier molecular flexibility index (Phi) is 9.83. The maximum atomic E-state index is 13.3. The van der Waals surface area contributed by atoms with E-state index in [9.17, 15) is 19.5 Å². The molecule has 3 saturated carbocycles. The Bertz CT molecular complexity index is 1270. The average molecular weight is 659 g/mol. The maximum Gasteiger partial charge on any atom is 0.320 e. The predicted molar refractivity (Wildman–Crippen MR) is 180 cm³/mol. The van der Waals surface area contributed by atoms with Crippen molar-refractivity contribution in [2.24, 2.45) is 56.7 Å². The van der Waals surface area contributed by atoms with Crippen LogP contribution in [-0.4, -0.2) is 87.1 Å². The zero-order valence-electron chi connectivity index (χ0n) is 30.7. The topological polar surface area (TPSA) is 114 Å². The first-order chi connectivity index (χ1) is 21.9. The normalized spacial score (nSPS) is 43.2. The van der Waals surface area contributed by atoms with Gasteiger partial charge in [0.25, 0.3) is 0 Å². The van der Waals surface area contributed by atoms with E-state index in [1.165, 1.54) is 12.5 Å². The van der Waals surface area contributed by atoms with Gasteiger partial charge < -0.3 is 29.5 Å². The van der Waals surface area contributed by atoms with Crippen molar-refractivity contribution in [1.82, 2.24) is 10.2 Å². The highest BCUT2D eigenvalue weighted by Gasteiger charge is 2.72. The van der Waals surface area contributed by atoms with Crippen LogP contribution in [-0.2, 0) is 28.6 Å². The SMILES string of the molecule is CC(=O)O[C@@H]1C[C@]23COC[C@](C)([C@@H]2CC[C@H]2C3=CC[C@@]3(C)[C@H](C(=O)O)[C@@](C)([C@H](C)C(C)C)CC[C@]23C)[C@H]1OC(=O)CNCCN(C)C. The molecule has 1 aliphatic heterocycles. The highest BCUT2D eigenvalue weighted by molar-refractivity contribution is 5.73. The van der Waals surface area contributed by atoms with Crippen LogP contribution in [0.15, 0.2) is 11.6 Å². The highest BCUT2D eigenvalue weighted by Crippen LogP contribution is 2.75. The predicted octanol–water partition coefficient (Wildman–Crippen LogP) is 5.57. The molecule has 0 aromatic carbocycles. The summed E-state index contributed by atoms with van der Waals surface area (Å²) in [6.07, 6.45) is 6.21. The summed E-state index contributed by atoms with van der Waals surface area (Å²) in [5.74, 6) is -0.772. The van der Waals surface area contributed by atoms with E-state index in [4.69, 9.17) is 14.2 Å². The summed E-state index contributed by atoms with van der Waals surface area (Å²) >= 11 is 0. The molecule has 1 saturated heterocycles. The van der Waals surface area contributed by atoms with Gasteiger partial charge in [-0.05, 0) is 92.5 Å². The van der Waals surface area contributed by atoms with Gasteiger partial charge in [0.05, 0.1) is 25.7 Å². The summed E-state index contributed by atoms with van der Waals surface area (Å²) in [5.41, 5.74) is -0.444. The number of nitrogens with one attached hydrogen (secondary N) is 1. The lowest BCUT2D eigenvalue weighted by molar-refractivity contribution is -0.262. The fraction of sp³-hybridized carbons (Fsp3) is 0.868. The van der Waals surface area contributed by atoms with Crippen LogP contribution in [0.3, 0.4) is 0 Å². The fourth-order valence-electron chi connectivity index (χ4n) is 11.8. The molecule has 266 valence electrons. The van der Waals surface area contributed by atoms with Gasteiger partial charge in [-0.25, -0.2) is 0 Å². The molecule has 0 aromatic heterocycles. The number of esters is 2. The van der Waals surface area contributed by atoms with Crippen LogP contribution >= 0.6 is 0 Å². The van der Waals surface area contributed by atoms with Crippen molar-refractivity contribution >= 4 is 17.9 Å². The van der Waals surface area contributed by atoms with Crippen LogP contribution < -0.4 is 5.32 Å². The number of rotatable bonds is 10. The van der Waals surface area contributed by atoms with Crippen molar-refractivity contribution in [3.63, 3.8) is 0 Å². The first-order valence-electron chi connectivity index (χ1n) is 18.1. The molecule has 4 fully saturated rings. The number of allylic oxidation sites excluding steroid dienone is 1. The summed E-state index contributed by atoms with van der Waals surface area (Å²) < 4.78 is 18.8. The molecule has 9 heteroatoms. The number of ether oxygens (including phenoxy) is 3. The van der Waals surface area contributed by atoms with E-state index in [-0.39, 0.29) is 52.5 Å². The lowest BCUT2D eigenvalue weighted by atomic mass is 9.34. The molecule has 0 amide bonds. The molecule has 11 atom stereocenters. The van der Waals surface area contributed by atoms with Crippen molar-refractivity contribution in [2.45, 2.75) is 106 Å². The Morgan fingerprint density at radius 3 is 2.36 bits per heavy atom. The van der Waals surface area contributed by atoms with E-state index >= 15 is 0 Å². The lowest BCUT2D eigenvalue weighted by Gasteiger charge is -2.71. The Labute approximate surface area is 282 Å². The van der Waals surface area contributed by atoms with E-state index in [2.05, 4.69) is 64.8 Å². The molecule has 0 unspecified atom stereocenters. The molecule has 2 N–H and O–H groups in total. The third-order valence-electron chi connectivity index (χ3n) is 14.7. The minimum atomic E-state index is -0.667. The van der Waals surface area contributed by atoms with E-state index in [0.29, 0.717) is 38.5 Å². The van der Waals surface area contributed by atoms with E-state index in [0.717, 1.165) is 32.2 Å². The van der Waals surface area contributed by atoms with Crippen molar-refractivity contribution in [1.29, 1.82) is 0 Å². The Morgan fingerprint density at radius 1 is 1.04 bits per heavy atom. The van der Waals surface area contributed by atoms with Crippen LogP contribution in [0.5, 0.6) is 0 Å². The van der Waals surface area contributed by atoms with E-state index < -0.39 is 34.9 Å². The summed E-state index contributed by atoms with van der Waals surface area (Å²) in [7, 11) is 3.98. The van der Waals surface area contributed by atoms with Crippen molar-refractivity contribution in [2.75, 3.05) is 46.9 Å². The number of fused-ring (bicyclic) bond motifs is 3. The monoisotopic (exact) mass is 658 g/mol. The van der Waals surface area contributed by atoms with Gasteiger partial charge >= 0.3 is 17.9 Å². The number of hydrogen-bond acceptors (Lipinski definition) is 8. The molecular formula is C38H62N2O7. The summed E-state index contributed by atoms with van der Waals surface area (Å²) in [5, 5.41) is 14.1. The summed E-state index contributed by atoms with van der Waals surface area (Å²) in [6.45, 7) is 19.7. The smallest absolute Gasteiger partial charge is 0.320 e. The number of carboxylic acids is 1. The average Bonchev–Trinajstić information content (AvgIpc) is 2.97. The largest absolute Gasteiger partial charge is 0.481 e. The number of carboxylic acid groups (broad SMARTS) is 1. The Hall–Kier alpha value is -1.97. The maximum absolute atomic E-state index is 13.3. The molecule has 5 aliphatic rings. The first kappa shape index (κ1) is 36.3. The number of hydrogen-bond donors (Lipinski definition) is 2. The molecular weight excluding hydrogens is 596 g/mol. The summed E-state index contributed by atoms with van der Waals surface area (Å²) in [4.78, 5) is 41.1. The molecule has 9 nitrogen and oxygen atoms in total. The van der Waals surface area contributed by atoms with Crippen LogP contribution in [0.2, 0.25) is 0 Å². The van der Waals surface area contributed by atoms with Gasteiger partial charge in [0.1, 0.15) is 12.2 Å². The fourth-order valence-corrected chi connectivity index (χ4v) is 11.8. The Balaban J connectivity index is 1.51. The second-order valence-electron chi connectivity index (χ2n) is 17.6. The highest BCUT2D eigenvalue weighted by atomic mass is 16.6. The second-order valence-corrected chi connectivity index (χ2v) is 17.6. The summed E-state index contributed by atoms with van der Waals surface area (Å²) in [6, 6.07) is 0. The standard InChI is InChI=1S/C38H62N2O7/c1-23(2)24(3)34(5)15-16-36(7)26-11-12-29-35(6)21-45-22-38(29,27(26)13-14-37(36,8)31(34)33(43)44)19-28(46-25(4)41)32(35)47-30(42)20-39-17-18-40(9)10/h13,23-24,26,28-29,31-32,39H,11-12,14-22H2,1-10H3,(H,43,44)/t24-,26+,28-,29+,31-,32+,34-,35-,36-,37+,38-/m1/s1. The molecule has 0 aromatic rings. The zero-order valence-corrected chi connectivity index (χ0v) is 30.7. The van der Waals surface area contributed by atoms with Crippen LogP contribution in [0, 0.1) is 56.7 Å². The zero-order chi connectivity index (χ0) is 34.7. The van der Waals surface area contributed by atoms with Crippen molar-refractivity contribution in [3.05, 3.63) is 11.6 Å². The third kappa shape index (κ3) is 5.68. The second kappa shape index (κ2) is 12.7. The minimum absolute atomic E-state index is 0.0904. The van der Waals surface area contributed by atoms with E-state index in [1.54, 1.807) is 0 Å². The van der Waals surface area contributed by atoms with Gasteiger partial charge in [-0.3, -0.25) is 14.4 Å². The minimum Gasteiger partial charge on any atom is -0.481 e. The lowest BCUT2D eigenvalue weighted by Crippen LogP contribution is -2.70. The molecule has 0 spiro atoms. The van der Waals surface area contributed by atoms with Gasteiger partial charge in [0.2, 0.25) is 0 Å². The molecule has 47 heavy (non-hydrogen) atoms. The molecule has 2 bridgehead atoms. The molecule has 5 rings (SSSR count). The number of nitrogens with zero attached hydrogens (tertiary/aromatic N) is 1. The Morgan fingerprint density at radius 2 is 1.74 bits per heavy atom.